The van der Waals surface area contributed by atoms with Crippen LogP contribution >= 0.6 is 11.6 Å². The highest BCUT2D eigenvalue weighted by molar-refractivity contribution is 6.33. The summed E-state index contributed by atoms with van der Waals surface area (Å²) in [4.78, 5) is 19.4. The van der Waals surface area contributed by atoms with Crippen molar-refractivity contribution in [2.45, 2.75) is 32.7 Å². The number of aromatic nitrogens is 2. The zero-order chi connectivity index (χ0) is 18.0. The van der Waals surface area contributed by atoms with Crippen LogP contribution in [0.25, 0.3) is 0 Å². The number of nitrogens with one attached hydrogen (secondary N) is 1. The van der Waals surface area contributed by atoms with Crippen LogP contribution in [0.4, 0.5) is 5.69 Å². The maximum absolute atomic E-state index is 12.7. The van der Waals surface area contributed by atoms with Gasteiger partial charge in [-0.3, -0.25) is 4.79 Å². The van der Waals surface area contributed by atoms with E-state index in [2.05, 4.69) is 29.0 Å². The number of anilines is 1. The lowest BCUT2D eigenvalue weighted by Gasteiger charge is -2.23. The van der Waals surface area contributed by atoms with E-state index < -0.39 is 0 Å². The average molecular weight is 361 g/mol. The van der Waals surface area contributed by atoms with Gasteiger partial charge in [-0.1, -0.05) is 25.4 Å². The molecule has 25 heavy (non-hydrogen) atoms. The number of carbonyl (C=O) groups is 1. The summed E-state index contributed by atoms with van der Waals surface area (Å²) in [5.41, 5.74) is 1.59. The van der Waals surface area contributed by atoms with Crippen molar-refractivity contribution < 1.29 is 4.79 Å². The van der Waals surface area contributed by atoms with Crippen LogP contribution in [-0.4, -0.2) is 28.5 Å². The first-order valence-corrected chi connectivity index (χ1v) is 9.17. The minimum absolute atomic E-state index is 0.128. The molecular formula is C19H25ClN4O. The Hall–Kier alpha value is -2.01. The lowest BCUT2D eigenvalue weighted by atomic mass is 10.0. The molecule has 2 aromatic rings. The number of aryl methyl sites for hydroxylation is 1. The normalized spacial score (nSPS) is 15.6. The highest BCUT2D eigenvalue weighted by Gasteiger charge is 2.23. The van der Waals surface area contributed by atoms with Gasteiger partial charge in [-0.2, -0.15) is 0 Å². The lowest BCUT2D eigenvalue weighted by Crippen LogP contribution is -2.33. The number of amides is 1. The van der Waals surface area contributed by atoms with Gasteiger partial charge >= 0.3 is 0 Å². The molecule has 1 amide bonds. The molecule has 0 radical (unpaired) electrons. The van der Waals surface area contributed by atoms with E-state index in [9.17, 15) is 4.79 Å². The summed E-state index contributed by atoms with van der Waals surface area (Å²) in [5.74, 6) is 0.948. The van der Waals surface area contributed by atoms with Crippen LogP contribution in [0.15, 0.2) is 30.6 Å². The van der Waals surface area contributed by atoms with Gasteiger partial charge in [0.25, 0.3) is 5.91 Å². The van der Waals surface area contributed by atoms with Gasteiger partial charge in [0.1, 0.15) is 5.82 Å². The Kier molecular flexibility index (Phi) is 5.33. The Balaban J connectivity index is 1.78. The summed E-state index contributed by atoms with van der Waals surface area (Å²) in [6, 6.07) is 5.42. The van der Waals surface area contributed by atoms with E-state index in [1.54, 1.807) is 12.3 Å². The molecule has 1 aromatic carbocycles. The summed E-state index contributed by atoms with van der Waals surface area (Å²) >= 11 is 6.44. The van der Waals surface area contributed by atoms with Crippen molar-refractivity contribution in [1.29, 1.82) is 0 Å². The quantitative estimate of drug-likeness (QED) is 0.882. The van der Waals surface area contributed by atoms with Crippen molar-refractivity contribution in [3.05, 3.63) is 47.0 Å². The molecule has 1 saturated heterocycles. The average Bonchev–Trinajstić information content (AvgIpc) is 3.23. The van der Waals surface area contributed by atoms with Crippen molar-refractivity contribution in [1.82, 2.24) is 14.9 Å². The van der Waals surface area contributed by atoms with Gasteiger partial charge in [0.05, 0.1) is 16.8 Å². The van der Waals surface area contributed by atoms with Crippen molar-refractivity contribution >= 4 is 23.2 Å². The molecule has 1 atom stereocenters. The minimum Gasteiger partial charge on any atom is -0.370 e. The molecule has 5 nitrogen and oxygen atoms in total. The lowest BCUT2D eigenvalue weighted by molar-refractivity contribution is 0.0922. The smallest absolute Gasteiger partial charge is 0.251 e. The van der Waals surface area contributed by atoms with Gasteiger partial charge in [-0.25, -0.2) is 4.98 Å². The Bertz CT molecular complexity index is 750. The Morgan fingerprint density at radius 2 is 2.00 bits per heavy atom. The first-order chi connectivity index (χ1) is 12.0. The molecule has 0 spiro atoms. The first-order valence-electron chi connectivity index (χ1n) is 8.80. The number of nitrogens with zero attached hydrogens (tertiary/aromatic N) is 3. The van der Waals surface area contributed by atoms with Crippen LogP contribution in [0.2, 0.25) is 5.02 Å². The zero-order valence-corrected chi connectivity index (χ0v) is 15.8. The summed E-state index contributed by atoms with van der Waals surface area (Å²) in [5, 5.41) is 3.73. The topological polar surface area (TPSA) is 50.2 Å². The number of benzene rings is 1. The van der Waals surface area contributed by atoms with E-state index in [0.717, 1.165) is 24.6 Å². The molecule has 1 unspecified atom stereocenters. The zero-order valence-electron chi connectivity index (χ0n) is 15.0. The molecule has 1 N–H and O–H groups in total. The van der Waals surface area contributed by atoms with Crippen LogP contribution in [0.3, 0.4) is 0 Å². The largest absolute Gasteiger partial charge is 0.370 e. The summed E-state index contributed by atoms with van der Waals surface area (Å²) in [6.45, 7) is 6.20. The maximum Gasteiger partial charge on any atom is 0.251 e. The fraction of sp³-hybridized carbons (Fsp3) is 0.474. The monoisotopic (exact) mass is 360 g/mol. The van der Waals surface area contributed by atoms with Crippen LogP contribution in [0.1, 0.15) is 48.9 Å². The Morgan fingerprint density at radius 3 is 2.56 bits per heavy atom. The van der Waals surface area contributed by atoms with Crippen LogP contribution < -0.4 is 10.2 Å². The molecule has 0 aliphatic carbocycles. The first kappa shape index (κ1) is 17.8. The van der Waals surface area contributed by atoms with Crippen molar-refractivity contribution in [2.24, 2.45) is 13.0 Å². The van der Waals surface area contributed by atoms with Crippen molar-refractivity contribution in [2.75, 3.05) is 18.0 Å². The third kappa shape index (κ3) is 3.82. The molecule has 1 fully saturated rings. The molecule has 1 aliphatic rings. The molecule has 1 aromatic heterocycles. The van der Waals surface area contributed by atoms with Gasteiger partial charge in [-0.05, 0) is 37.0 Å². The van der Waals surface area contributed by atoms with E-state index in [-0.39, 0.29) is 17.9 Å². The number of rotatable bonds is 5. The maximum atomic E-state index is 12.7. The SMILES string of the molecule is CC(C)C(NC(=O)c1ccc(N2CCCC2)c(Cl)c1)c1nccn1C. The van der Waals surface area contributed by atoms with E-state index >= 15 is 0 Å². The molecule has 134 valence electrons. The number of hydrogen-bond donors (Lipinski definition) is 1. The number of imidazole rings is 1. The van der Waals surface area contributed by atoms with Crippen LogP contribution in [0, 0.1) is 5.92 Å². The van der Waals surface area contributed by atoms with Gasteiger partial charge in [0.2, 0.25) is 0 Å². The summed E-state index contributed by atoms with van der Waals surface area (Å²) < 4.78 is 1.94. The Labute approximate surface area is 154 Å². The molecule has 3 rings (SSSR count). The molecular weight excluding hydrogens is 336 g/mol. The second kappa shape index (κ2) is 7.48. The summed E-state index contributed by atoms with van der Waals surface area (Å²) in [6.07, 6.45) is 6.02. The fourth-order valence-corrected chi connectivity index (χ4v) is 3.59. The predicted molar refractivity (Wildman–Crippen MR) is 101 cm³/mol. The highest BCUT2D eigenvalue weighted by Crippen LogP contribution is 2.30. The Morgan fingerprint density at radius 1 is 1.28 bits per heavy atom. The predicted octanol–water partition coefficient (Wildman–Crippen LogP) is 3.80. The standard InChI is InChI=1S/C19H25ClN4O/c1-13(2)17(18-21-8-11-23(18)3)22-19(25)14-6-7-16(15(20)12-14)24-9-4-5-10-24/h6-8,11-13,17H,4-5,9-10H2,1-3H3,(H,22,25). The number of hydrogen-bond acceptors (Lipinski definition) is 3. The number of halogens is 1. The second-order valence-electron chi connectivity index (χ2n) is 6.95. The molecule has 2 heterocycles. The number of carbonyl (C=O) groups excluding carboxylic acids is 1. The second-order valence-corrected chi connectivity index (χ2v) is 7.36. The van der Waals surface area contributed by atoms with Gasteiger partial charge in [-0.15, -0.1) is 0 Å². The molecule has 0 saturated carbocycles. The molecule has 0 bridgehead atoms. The van der Waals surface area contributed by atoms with E-state index in [0.29, 0.717) is 10.6 Å². The van der Waals surface area contributed by atoms with Crippen molar-refractivity contribution in [3.63, 3.8) is 0 Å². The fourth-order valence-electron chi connectivity index (χ4n) is 3.29. The third-order valence-corrected chi connectivity index (χ3v) is 5.05. The van der Waals surface area contributed by atoms with Gasteiger partial charge in [0.15, 0.2) is 0 Å². The molecule has 1 aliphatic heterocycles. The molecule has 6 heteroatoms. The van der Waals surface area contributed by atoms with Gasteiger partial charge in [0, 0.05) is 38.1 Å². The summed E-state index contributed by atoms with van der Waals surface area (Å²) in [7, 11) is 1.94. The van der Waals surface area contributed by atoms with E-state index in [1.807, 2.05) is 29.9 Å². The van der Waals surface area contributed by atoms with Crippen LogP contribution in [0.5, 0.6) is 0 Å². The van der Waals surface area contributed by atoms with E-state index in [4.69, 9.17) is 11.6 Å². The van der Waals surface area contributed by atoms with Crippen LogP contribution in [-0.2, 0) is 7.05 Å². The third-order valence-electron chi connectivity index (χ3n) is 4.75. The van der Waals surface area contributed by atoms with Crippen molar-refractivity contribution in [3.8, 4) is 0 Å². The van der Waals surface area contributed by atoms with E-state index in [1.165, 1.54) is 12.8 Å². The van der Waals surface area contributed by atoms with Gasteiger partial charge < -0.3 is 14.8 Å². The highest BCUT2D eigenvalue weighted by atomic mass is 35.5. The minimum atomic E-state index is -0.149.